The van der Waals surface area contributed by atoms with E-state index in [9.17, 15) is 9.59 Å². The summed E-state index contributed by atoms with van der Waals surface area (Å²) in [6.45, 7) is 4.29. The Morgan fingerprint density at radius 1 is 1.38 bits per heavy atom. The van der Waals surface area contributed by atoms with E-state index >= 15 is 0 Å². The Kier molecular flexibility index (Phi) is 3.28. The number of urea groups is 1. The molecule has 4 heteroatoms. The van der Waals surface area contributed by atoms with Gasteiger partial charge in [-0.1, -0.05) is 26.7 Å². The molecule has 0 aromatic rings. The van der Waals surface area contributed by atoms with Crippen molar-refractivity contribution in [3.8, 4) is 0 Å². The van der Waals surface area contributed by atoms with Gasteiger partial charge in [-0.15, -0.1) is 0 Å². The average Bonchev–Trinajstić information content (AvgIpc) is 2.29. The molecule has 2 N–H and O–H groups in total. The quantitative estimate of drug-likeness (QED) is 0.641. The van der Waals surface area contributed by atoms with Crippen molar-refractivity contribution in [3.63, 3.8) is 0 Å². The number of rotatable bonds is 4. The zero-order valence-corrected chi connectivity index (χ0v) is 8.09. The standard InChI is InChI=1S/C9H16N2O2/c1-6(2)4-3-5-7-8(12)11-9(13)10-7/h6-7H,3-5H2,1-2H3,(H2,10,11,12,13). The van der Waals surface area contributed by atoms with Gasteiger partial charge in [0.25, 0.3) is 5.91 Å². The highest BCUT2D eigenvalue weighted by molar-refractivity contribution is 6.04. The van der Waals surface area contributed by atoms with Crippen molar-refractivity contribution in [1.29, 1.82) is 0 Å². The van der Waals surface area contributed by atoms with Crippen molar-refractivity contribution >= 4 is 11.9 Å². The second-order valence-corrected chi connectivity index (χ2v) is 3.84. The van der Waals surface area contributed by atoms with Crippen LogP contribution in [0.5, 0.6) is 0 Å². The summed E-state index contributed by atoms with van der Waals surface area (Å²) in [5, 5.41) is 4.79. The minimum Gasteiger partial charge on any atom is -0.326 e. The molecule has 0 saturated carbocycles. The fourth-order valence-electron chi connectivity index (χ4n) is 1.39. The molecule has 1 rings (SSSR count). The number of carbonyl (C=O) groups excluding carboxylic acids is 2. The molecule has 0 aromatic heterocycles. The Morgan fingerprint density at radius 2 is 2.08 bits per heavy atom. The molecular weight excluding hydrogens is 168 g/mol. The molecule has 4 nitrogen and oxygen atoms in total. The first-order valence-corrected chi connectivity index (χ1v) is 4.71. The minimum atomic E-state index is -0.362. The third kappa shape index (κ3) is 3.05. The summed E-state index contributed by atoms with van der Waals surface area (Å²) in [6.07, 6.45) is 2.82. The summed E-state index contributed by atoms with van der Waals surface area (Å²) in [4.78, 5) is 21.8. The Balaban J connectivity index is 2.22. The lowest BCUT2D eigenvalue weighted by Gasteiger charge is -2.07. The van der Waals surface area contributed by atoms with Crippen LogP contribution in [0.4, 0.5) is 4.79 Å². The Morgan fingerprint density at radius 3 is 2.54 bits per heavy atom. The molecule has 1 heterocycles. The lowest BCUT2D eigenvalue weighted by Crippen LogP contribution is -2.28. The van der Waals surface area contributed by atoms with Gasteiger partial charge in [0.2, 0.25) is 0 Å². The molecular formula is C9H16N2O2. The van der Waals surface area contributed by atoms with Crippen LogP contribution in [0.2, 0.25) is 0 Å². The number of carbonyl (C=O) groups is 2. The molecule has 1 fully saturated rings. The fraction of sp³-hybridized carbons (Fsp3) is 0.778. The molecule has 1 unspecified atom stereocenters. The highest BCUT2D eigenvalue weighted by Gasteiger charge is 2.28. The number of nitrogens with one attached hydrogen (secondary N) is 2. The number of hydrogen-bond acceptors (Lipinski definition) is 2. The highest BCUT2D eigenvalue weighted by Crippen LogP contribution is 2.10. The van der Waals surface area contributed by atoms with Crippen LogP contribution in [0.15, 0.2) is 0 Å². The summed E-state index contributed by atoms with van der Waals surface area (Å²) in [5.74, 6) is 0.467. The van der Waals surface area contributed by atoms with Gasteiger partial charge in [-0.25, -0.2) is 4.79 Å². The van der Waals surface area contributed by atoms with Crippen molar-refractivity contribution in [2.24, 2.45) is 5.92 Å². The van der Waals surface area contributed by atoms with Crippen molar-refractivity contribution in [2.75, 3.05) is 0 Å². The van der Waals surface area contributed by atoms with E-state index in [1.54, 1.807) is 0 Å². The zero-order valence-electron chi connectivity index (χ0n) is 8.09. The molecule has 13 heavy (non-hydrogen) atoms. The summed E-state index contributed by atoms with van der Waals surface area (Å²) >= 11 is 0. The smallest absolute Gasteiger partial charge is 0.322 e. The maximum Gasteiger partial charge on any atom is 0.322 e. The second kappa shape index (κ2) is 4.25. The molecule has 1 aliphatic heterocycles. The van der Waals surface area contributed by atoms with Crippen molar-refractivity contribution in [2.45, 2.75) is 39.2 Å². The average molecular weight is 184 g/mol. The zero-order chi connectivity index (χ0) is 9.84. The van der Waals surface area contributed by atoms with E-state index < -0.39 is 0 Å². The van der Waals surface area contributed by atoms with Gasteiger partial charge in [0.15, 0.2) is 0 Å². The van der Waals surface area contributed by atoms with Crippen LogP contribution in [0.25, 0.3) is 0 Å². The molecule has 1 saturated heterocycles. The first-order valence-electron chi connectivity index (χ1n) is 4.71. The Bertz CT molecular complexity index is 214. The van der Waals surface area contributed by atoms with Gasteiger partial charge in [-0.05, 0) is 12.3 Å². The largest absolute Gasteiger partial charge is 0.326 e. The van der Waals surface area contributed by atoms with Crippen LogP contribution in [-0.2, 0) is 4.79 Å². The number of hydrogen-bond donors (Lipinski definition) is 2. The SMILES string of the molecule is CC(C)CCCC1NC(=O)NC1=O. The molecule has 74 valence electrons. The van der Waals surface area contributed by atoms with Gasteiger partial charge >= 0.3 is 6.03 Å². The van der Waals surface area contributed by atoms with E-state index in [0.29, 0.717) is 5.92 Å². The summed E-state index contributed by atoms with van der Waals surface area (Å²) in [6, 6.07) is -0.661. The van der Waals surface area contributed by atoms with E-state index in [1.165, 1.54) is 0 Å². The normalized spacial score (nSPS) is 21.9. The van der Waals surface area contributed by atoms with Crippen molar-refractivity contribution in [1.82, 2.24) is 10.6 Å². The Labute approximate surface area is 78.1 Å². The second-order valence-electron chi connectivity index (χ2n) is 3.84. The van der Waals surface area contributed by atoms with Crippen LogP contribution < -0.4 is 10.6 Å². The van der Waals surface area contributed by atoms with Crippen LogP contribution in [0, 0.1) is 5.92 Å². The topological polar surface area (TPSA) is 58.2 Å². The Hall–Kier alpha value is -1.06. The molecule has 0 aliphatic carbocycles. The van der Waals surface area contributed by atoms with E-state index in [2.05, 4.69) is 24.5 Å². The van der Waals surface area contributed by atoms with Gasteiger partial charge in [0.05, 0.1) is 0 Å². The molecule has 3 amide bonds. The fourth-order valence-corrected chi connectivity index (χ4v) is 1.39. The van der Waals surface area contributed by atoms with Gasteiger partial charge in [-0.3, -0.25) is 10.1 Å². The highest BCUT2D eigenvalue weighted by atomic mass is 16.2. The lowest BCUT2D eigenvalue weighted by molar-refractivity contribution is -0.120. The predicted octanol–water partition coefficient (Wildman–Crippen LogP) is 1.02. The molecule has 1 aliphatic rings. The molecule has 0 spiro atoms. The van der Waals surface area contributed by atoms with Gasteiger partial charge in [-0.2, -0.15) is 0 Å². The van der Waals surface area contributed by atoms with Gasteiger partial charge in [0, 0.05) is 0 Å². The number of imide groups is 1. The molecule has 0 aromatic carbocycles. The van der Waals surface area contributed by atoms with E-state index in [1.807, 2.05) is 0 Å². The summed E-state index contributed by atoms with van der Waals surface area (Å²) in [5.41, 5.74) is 0. The first-order chi connectivity index (χ1) is 6.09. The lowest BCUT2D eigenvalue weighted by atomic mass is 10.0. The van der Waals surface area contributed by atoms with E-state index in [4.69, 9.17) is 0 Å². The molecule has 1 atom stereocenters. The first kappa shape index (κ1) is 10.0. The van der Waals surface area contributed by atoms with E-state index in [-0.39, 0.29) is 18.0 Å². The summed E-state index contributed by atoms with van der Waals surface area (Å²) < 4.78 is 0. The maximum atomic E-state index is 11.1. The third-order valence-corrected chi connectivity index (χ3v) is 2.13. The van der Waals surface area contributed by atoms with Crippen LogP contribution in [0.1, 0.15) is 33.1 Å². The van der Waals surface area contributed by atoms with E-state index in [0.717, 1.165) is 19.3 Å². The monoisotopic (exact) mass is 184 g/mol. The predicted molar refractivity (Wildman–Crippen MR) is 49.2 cm³/mol. The van der Waals surface area contributed by atoms with Gasteiger partial charge in [0.1, 0.15) is 6.04 Å². The van der Waals surface area contributed by atoms with Crippen molar-refractivity contribution < 1.29 is 9.59 Å². The number of amides is 3. The van der Waals surface area contributed by atoms with Crippen LogP contribution in [-0.4, -0.2) is 18.0 Å². The van der Waals surface area contributed by atoms with Crippen LogP contribution in [0.3, 0.4) is 0 Å². The van der Waals surface area contributed by atoms with Crippen molar-refractivity contribution in [3.05, 3.63) is 0 Å². The maximum absolute atomic E-state index is 11.1. The molecule has 0 radical (unpaired) electrons. The molecule has 0 bridgehead atoms. The third-order valence-electron chi connectivity index (χ3n) is 2.13. The van der Waals surface area contributed by atoms with Crippen LogP contribution >= 0.6 is 0 Å². The van der Waals surface area contributed by atoms with Gasteiger partial charge < -0.3 is 5.32 Å². The summed E-state index contributed by atoms with van der Waals surface area (Å²) in [7, 11) is 0. The minimum absolute atomic E-state index is 0.186.